The maximum absolute atomic E-state index is 16.1. The lowest BCUT2D eigenvalue weighted by Gasteiger charge is -2.18. The molecule has 0 bridgehead atoms. The quantitative estimate of drug-likeness (QED) is 0.0179. The summed E-state index contributed by atoms with van der Waals surface area (Å²) in [4.78, 5) is 26.9. The summed E-state index contributed by atoms with van der Waals surface area (Å²) in [7, 11) is -3.34. The first-order chi connectivity index (χ1) is 37.1. The topological polar surface area (TPSA) is 79.8 Å². The van der Waals surface area contributed by atoms with Gasteiger partial charge in [-0.3, -0.25) is 18.2 Å². The Bertz CT molecular complexity index is 3720. The van der Waals surface area contributed by atoms with Crippen LogP contribution in [0.15, 0.2) is 119 Å². The van der Waals surface area contributed by atoms with Gasteiger partial charge in [0.05, 0.1) is 30.2 Å². The van der Waals surface area contributed by atoms with E-state index in [1.165, 1.54) is 39.8 Å². The highest BCUT2D eigenvalue weighted by atomic mass is 19.2. The molecule has 396 valence electrons. The molecule has 1 aliphatic rings. The Kier molecular flexibility index (Phi) is 16.5. The highest BCUT2D eigenvalue weighted by molar-refractivity contribution is 6.42. The van der Waals surface area contributed by atoms with Gasteiger partial charge < -0.3 is 23.1 Å². The second-order valence-electron chi connectivity index (χ2n) is 19.3. The van der Waals surface area contributed by atoms with Gasteiger partial charge >= 0.3 is 19.3 Å². The minimum Gasteiger partial charge on any atom is -0.466 e. The van der Waals surface area contributed by atoms with Crippen LogP contribution in [0.5, 0.6) is 0 Å². The lowest BCUT2D eigenvalue weighted by atomic mass is 9.93. The maximum Gasteiger partial charge on any atom is 0.678 e. The van der Waals surface area contributed by atoms with E-state index in [9.17, 15) is 14.0 Å². The molecule has 0 atom stereocenters. The van der Waals surface area contributed by atoms with Gasteiger partial charge in [-0.1, -0.05) is 73.5 Å². The highest BCUT2D eigenvalue weighted by Crippen LogP contribution is 2.42. The van der Waals surface area contributed by atoms with Gasteiger partial charge in [-0.25, -0.2) is 26.9 Å². The zero-order chi connectivity index (χ0) is 54.5. The largest absolute Gasteiger partial charge is 0.678 e. The van der Waals surface area contributed by atoms with Crippen molar-refractivity contribution in [3.8, 4) is 0 Å². The maximum atomic E-state index is 16.1. The molecule has 0 saturated heterocycles. The summed E-state index contributed by atoms with van der Waals surface area (Å²) < 4.78 is 124. The van der Waals surface area contributed by atoms with Crippen LogP contribution in [0.3, 0.4) is 0 Å². The summed E-state index contributed by atoms with van der Waals surface area (Å²) in [6.45, 7) is 8.04. The number of benzene rings is 5. The average molecular weight is 1050 g/mol. The monoisotopic (exact) mass is 1050 g/mol. The van der Waals surface area contributed by atoms with Gasteiger partial charge in [0.15, 0.2) is 23.3 Å². The minimum absolute atomic E-state index is 0.0695. The van der Waals surface area contributed by atoms with E-state index in [0.717, 1.165) is 114 Å². The van der Waals surface area contributed by atoms with Gasteiger partial charge in [0, 0.05) is 87.5 Å². The Labute approximate surface area is 441 Å². The summed E-state index contributed by atoms with van der Waals surface area (Å²) >= 11 is 0. The third-order valence-corrected chi connectivity index (χ3v) is 14.0. The Morgan fingerprint density at radius 1 is 0.558 bits per heavy atom. The van der Waals surface area contributed by atoms with E-state index in [4.69, 9.17) is 9.47 Å². The van der Waals surface area contributed by atoms with Crippen LogP contribution >= 0.6 is 0 Å². The fourth-order valence-electron chi connectivity index (χ4n) is 10.5. The van der Waals surface area contributed by atoms with Crippen molar-refractivity contribution in [1.82, 2.24) is 13.6 Å². The number of hydrogen-bond acceptors (Lipinski definition) is 5. The number of para-hydroxylation sites is 2. The molecule has 0 fully saturated rings. The summed E-state index contributed by atoms with van der Waals surface area (Å²) in [6, 6.07) is 29.1. The molecular weight excluding hydrogens is 996 g/mol. The average Bonchev–Trinajstić information content (AvgIpc) is 4.15. The first-order valence-corrected chi connectivity index (χ1v) is 25.8. The van der Waals surface area contributed by atoms with Crippen LogP contribution in [0.1, 0.15) is 106 Å². The molecule has 5 aromatic carbocycles. The lowest BCUT2D eigenvalue weighted by molar-refractivity contribution is -0.142. The Hall–Kier alpha value is -7.88. The zero-order valence-corrected chi connectivity index (χ0v) is 43.2. The molecule has 8 aromatic rings. The number of hydrogen-bond donors (Lipinski definition) is 0. The van der Waals surface area contributed by atoms with E-state index >= 15 is 26.2 Å². The highest BCUT2D eigenvalue weighted by Gasteiger charge is 2.36. The number of nitrogens with zero attached hydrogens (tertiary/aromatic N) is 4. The van der Waals surface area contributed by atoms with Crippen LogP contribution in [0.25, 0.3) is 67.4 Å². The molecule has 0 aliphatic carbocycles. The predicted molar refractivity (Wildman–Crippen MR) is 293 cm³/mol. The molecule has 0 spiro atoms. The van der Waals surface area contributed by atoms with E-state index in [0.29, 0.717) is 23.3 Å². The second kappa shape index (κ2) is 23.6. The molecule has 8 nitrogen and oxygen atoms in total. The number of carbonyl (C=O) groups is 2. The van der Waals surface area contributed by atoms with Gasteiger partial charge in [0.25, 0.3) is 0 Å². The van der Waals surface area contributed by atoms with Gasteiger partial charge in [-0.15, -0.1) is 0 Å². The van der Waals surface area contributed by atoms with Crippen molar-refractivity contribution in [3.63, 3.8) is 0 Å². The Morgan fingerprint density at radius 2 is 1.03 bits per heavy atom. The molecule has 0 saturated carbocycles. The normalized spacial score (nSPS) is 13.5. The van der Waals surface area contributed by atoms with Crippen molar-refractivity contribution >= 4 is 92.5 Å². The fourth-order valence-corrected chi connectivity index (χ4v) is 10.5. The van der Waals surface area contributed by atoms with Crippen molar-refractivity contribution in [2.45, 2.75) is 92.2 Å². The number of esters is 2. The third-order valence-electron chi connectivity index (χ3n) is 14.0. The van der Waals surface area contributed by atoms with Gasteiger partial charge in [0.1, 0.15) is 0 Å². The van der Waals surface area contributed by atoms with Crippen molar-refractivity contribution in [3.05, 3.63) is 177 Å². The standard InChI is InChI=1S/C61H56BF7N4O4/c1-37-33-43(25-21-41-23-27-51-47(35-41)45-17-9-11-19-49(45)71(51)29-13-5-7-15-31-76-39(3)74)70-60(37)54(53-55(63)57(65)59(67)58(66)56(53)64)61-38(2)34-44(73(61)62(68)69)26-22-42-24-28-52-48(36-42)46-18-10-12-20-50(46)72(52)30-14-6-8-16-32-77-40(4)75/h9-12,17-28,33-36H,5-8,13-16,29-32H2,1-4H3/b25-21+,26-22+,60-54+. The first-order valence-electron chi connectivity index (χ1n) is 25.8. The number of unbranched alkanes of at least 4 members (excludes halogenated alkanes) is 6. The summed E-state index contributed by atoms with van der Waals surface area (Å²) in [5.41, 5.74) is 3.19. The van der Waals surface area contributed by atoms with Crippen molar-refractivity contribution in [1.29, 1.82) is 0 Å². The third kappa shape index (κ3) is 11.3. The number of halogens is 7. The predicted octanol–water partition coefficient (Wildman–Crippen LogP) is 15.8. The van der Waals surface area contributed by atoms with E-state index in [2.05, 4.69) is 20.2 Å². The fraction of sp³-hybridized carbons (Fsp3) is 0.262. The lowest BCUT2D eigenvalue weighted by Crippen LogP contribution is -2.20. The van der Waals surface area contributed by atoms with E-state index in [1.54, 1.807) is 24.3 Å². The number of aryl methyl sites for hydroxylation is 3. The number of fused-ring (bicyclic) bond motifs is 6. The van der Waals surface area contributed by atoms with Crippen LogP contribution in [-0.4, -0.2) is 51.9 Å². The van der Waals surface area contributed by atoms with E-state index in [-0.39, 0.29) is 40.2 Å². The van der Waals surface area contributed by atoms with Crippen LogP contribution in [0.4, 0.5) is 30.6 Å². The Morgan fingerprint density at radius 3 is 1.53 bits per heavy atom. The molecule has 16 heteroatoms. The number of carbonyl (C=O) groups excluding carboxylic acids is 2. The van der Waals surface area contributed by atoms with Crippen molar-refractivity contribution in [2.24, 2.45) is 4.99 Å². The summed E-state index contributed by atoms with van der Waals surface area (Å²) in [6.07, 6.45) is 15.1. The minimum atomic E-state index is -3.34. The summed E-state index contributed by atoms with van der Waals surface area (Å²) in [5, 5.41) is 3.98. The molecule has 77 heavy (non-hydrogen) atoms. The molecule has 3 aromatic heterocycles. The van der Waals surface area contributed by atoms with E-state index < -0.39 is 53.3 Å². The molecule has 0 N–H and O–H groups in total. The molecule has 0 amide bonds. The Balaban J connectivity index is 1.05. The molecule has 0 radical (unpaired) electrons. The van der Waals surface area contributed by atoms with Gasteiger partial charge in [-0.05, 0) is 135 Å². The second-order valence-corrected chi connectivity index (χ2v) is 19.3. The van der Waals surface area contributed by atoms with E-state index in [1.807, 2.05) is 78.9 Å². The van der Waals surface area contributed by atoms with Crippen LogP contribution in [0, 0.1) is 36.0 Å². The van der Waals surface area contributed by atoms with Gasteiger partial charge in [0.2, 0.25) is 5.82 Å². The number of allylic oxidation sites excluding steroid dienone is 3. The number of ether oxygens (including phenoxy) is 2. The smallest absolute Gasteiger partial charge is 0.466 e. The molecular formula is C61H56BF7N4O4. The van der Waals surface area contributed by atoms with Crippen LogP contribution in [0.2, 0.25) is 0 Å². The summed E-state index contributed by atoms with van der Waals surface area (Å²) in [5.74, 6) is -11.8. The molecule has 9 rings (SSSR count). The van der Waals surface area contributed by atoms with Gasteiger partial charge in [-0.2, -0.15) is 0 Å². The molecule has 1 aliphatic heterocycles. The number of aliphatic imine (C=N–C) groups is 1. The molecule has 4 heterocycles. The van der Waals surface area contributed by atoms with Crippen LogP contribution in [-0.2, 0) is 32.2 Å². The number of rotatable bonds is 21. The van der Waals surface area contributed by atoms with Crippen molar-refractivity contribution in [2.75, 3.05) is 13.2 Å². The van der Waals surface area contributed by atoms with Crippen molar-refractivity contribution < 1.29 is 49.6 Å². The molecule has 0 unspecified atom stereocenters. The zero-order valence-electron chi connectivity index (χ0n) is 43.2. The number of aromatic nitrogens is 3. The first kappa shape index (κ1) is 53.9. The SMILES string of the molecule is CC(=O)OCCCCCCn1c2ccccc2c2cc(/C=C/C3=NC(=C(\c4c(F)c(F)c(F)c(F)c4F)c4c(C)cc(/C=C/c5ccc6c(c5)c5ccccc5n6CCCCCCOC(C)=O)n4B(F)F)/C(C)=C3)ccc21. The van der Waals surface area contributed by atoms with Crippen LogP contribution < -0.4 is 0 Å².